The molecule has 0 heterocycles. The monoisotopic (exact) mass is 474 g/mol. The van der Waals surface area contributed by atoms with Crippen molar-refractivity contribution in [1.29, 1.82) is 0 Å². The maximum Gasteiger partial charge on any atom is 0.191 e. The summed E-state index contributed by atoms with van der Waals surface area (Å²) in [6, 6.07) is 0.796. The molecule has 1 fully saturated rings. The predicted octanol–water partition coefficient (Wildman–Crippen LogP) is 1.86. The first-order valence-electron chi connectivity index (χ1n) is 8.74. The molecule has 1 aliphatic carbocycles. The Bertz CT molecular complexity index is 465. The summed E-state index contributed by atoms with van der Waals surface area (Å²) in [6.07, 6.45) is 7.17. The van der Waals surface area contributed by atoms with Crippen molar-refractivity contribution in [1.82, 2.24) is 15.5 Å². The Hall–Kier alpha value is -0.0900. The molecule has 144 valence electrons. The van der Waals surface area contributed by atoms with Gasteiger partial charge in [0.25, 0.3) is 0 Å². The van der Waals surface area contributed by atoms with E-state index in [1.807, 2.05) is 13.8 Å². The van der Waals surface area contributed by atoms with Gasteiger partial charge in [-0.1, -0.05) is 12.8 Å². The van der Waals surface area contributed by atoms with Crippen LogP contribution in [0.3, 0.4) is 0 Å². The maximum atomic E-state index is 11.2. The standard InChI is InChI=1S/C16H34N4O2S.HI/c1-5-17-16(19-14(2)10-13-23(4,21)22)18-11-12-20(3)15-8-6-7-9-15;/h14-15H,5-13H2,1-4H3,(H2,17,18,19);1H. The fourth-order valence-corrected chi connectivity index (χ4v) is 3.65. The molecule has 1 saturated carbocycles. The van der Waals surface area contributed by atoms with Crippen molar-refractivity contribution in [2.24, 2.45) is 4.99 Å². The number of rotatable bonds is 9. The molecule has 1 unspecified atom stereocenters. The number of nitrogens with one attached hydrogen (secondary N) is 2. The van der Waals surface area contributed by atoms with E-state index < -0.39 is 9.84 Å². The van der Waals surface area contributed by atoms with Crippen LogP contribution in [0.2, 0.25) is 0 Å². The van der Waals surface area contributed by atoms with Crippen LogP contribution < -0.4 is 10.6 Å². The number of halogens is 1. The van der Waals surface area contributed by atoms with Crippen LogP contribution in [0, 0.1) is 0 Å². The van der Waals surface area contributed by atoms with Crippen LogP contribution in [0.1, 0.15) is 46.0 Å². The fraction of sp³-hybridized carbons (Fsp3) is 0.938. The quantitative estimate of drug-likeness (QED) is 0.303. The third kappa shape index (κ3) is 10.7. The lowest BCUT2D eigenvalue weighted by atomic mass is 10.2. The lowest BCUT2D eigenvalue weighted by Crippen LogP contribution is -2.43. The highest BCUT2D eigenvalue weighted by Crippen LogP contribution is 2.21. The van der Waals surface area contributed by atoms with E-state index in [1.54, 1.807) is 0 Å². The number of likely N-dealkylation sites (N-methyl/N-ethyl adjacent to an activating group) is 1. The van der Waals surface area contributed by atoms with E-state index in [4.69, 9.17) is 0 Å². The first kappa shape index (κ1) is 23.9. The van der Waals surface area contributed by atoms with Crippen LogP contribution in [-0.2, 0) is 9.84 Å². The molecule has 0 bridgehead atoms. The van der Waals surface area contributed by atoms with Gasteiger partial charge in [-0.15, -0.1) is 24.0 Å². The number of aliphatic imine (C=N–C) groups is 1. The molecule has 0 aliphatic heterocycles. The van der Waals surface area contributed by atoms with Gasteiger partial charge in [0.15, 0.2) is 5.96 Å². The summed E-state index contributed by atoms with van der Waals surface area (Å²) in [5.74, 6) is 0.971. The first-order chi connectivity index (χ1) is 10.8. The topological polar surface area (TPSA) is 73.8 Å². The largest absolute Gasteiger partial charge is 0.357 e. The minimum Gasteiger partial charge on any atom is -0.357 e. The second kappa shape index (κ2) is 12.3. The highest BCUT2D eigenvalue weighted by molar-refractivity contribution is 14.0. The van der Waals surface area contributed by atoms with Crippen molar-refractivity contribution >= 4 is 39.8 Å². The van der Waals surface area contributed by atoms with Gasteiger partial charge in [0.05, 0.1) is 12.3 Å². The summed E-state index contributed by atoms with van der Waals surface area (Å²) in [4.78, 5) is 7.02. The van der Waals surface area contributed by atoms with E-state index in [-0.39, 0.29) is 35.8 Å². The third-order valence-corrected chi connectivity index (χ3v) is 5.30. The number of hydrogen-bond acceptors (Lipinski definition) is 4. The van der Waals surface area contributed by atoms with Crippen molar-refractivity contribution in [3.63, 3.8) is 0 Å². The van der Waals surface area contributed by atoms with E-state index in [2.05, 4.69) is 27.6 Å². The Kier molecular flexibility index (Phi) is 12.2. The van der Waals surface area contributed by atoms with Crippen molar-refractivity contribution in [2.45, 2.75) is 58.0 Å². The summed E-state index contributed by atoms with van der Waals surface area (Å²) in [5.41, 5.74) is 0. The Morgan fingerprint density at radius 3 is 2.50 bits per heavy atom. The van der Waals surface area contributed by atoms with Gasteiger partial charge in [0.2, 0.25) is 0 Å². The second-order valence-electron chi connectivity index (χ2n) is 6.64. The van der Waals surface area contributed by atoms with Crippen LogP contribution in [0.4, 0.5) is 0 Å². The molecule has 0 aromatic heterocycles. The molecule has 0 amide bonds. The fourth-order valence-electron chi connectivity index (χ4n) is 2.86. The van der Waals surface area contributed by atoms with Gasteiger partial charge in [0.1, 0.15) is 9.84 Å². The van der Waals surface area contributed by atoms with E-state index in [0.29, 0.717) is 6.42 Å². The van der Waals surface area contributed by atoms with Crippen molar-refractivity contribution in [2.75, 3.05) is 38.7 Å². The molecule has 0 aromatic rings. The first-order valence-corrected chi connectivity index (χ1v) is 10.8. The number of hydrogen-bond donors (Lipinski definition) is 2. The van der Waals surface area contributed by atoms with Crippen LogP contribution in [0.15, 0.2) is 4.99 Å². The lowest BCUT2D eigenvalue weighted by molar-refractivity contribution is 0.252. The molecule has 1 rings (SSSR count). The van der Waals surface area contributed by atoms with Gasteiger partial charge in [-0.3, -0.25) is 4.99 Å². The molecule has 1 aliphatic rings. The zero-order valence-electron chi connectivity index (χ0n) is 15.5. The maximum absolute atomic E-state index is 11.2. The molecular formula is C16H35IN4O2S. The highest BCUT2D eigenvalue weighted by Gasteiger charge is 2.18. The lowest BCUT2D eigenvalue weighted by Gasteiger charge is -2.23. The van der Waals surface area contributed by atoms with Gasteiger partial charge in [-0.05, 0) is 40.2 Å². The summed E-state index contributed by atoms with van der Waals surface area (Å²) < 4.78 is 22.5. The summed E-state index contributed by atoms with van der Waals surface area (Å²) in [5, 5.41) is 6.51. The normalized spacial score (nSPS) is 17.6. The van der Waals surface area contributed by atoms with Crippen LogP contribution in [-0.4, -0.2) is 70.1 Å². The molecule has 0 aromatic carbocycles. The van der Waals surface area contributed by atoms with Crippen LogP contribution in [0.25, 0.3) is 0 Å². The van der Waals surface area contributed by atoms with E-state index in [0.717, 1.165) is 31.6 Å². The summed E-state index contributed by atoms with van der Waals surface area (Å²) in [6.45, 7) is 6.52. The van der Waals surface area contributed by atoms with Gasteiger partial charge in [-0.2, -0.15) is 0 Å². The molecule has 6 nitrogen and oxygen atoms in total. The van der Waals surface area contributed by atoms with Crippen molar-refractivity contribution in [3.05, 3.63) is 0 Å². The second-order valence-corrected chi connectivity index (χ2v) is 8.90. The van der Waals surface area contributed by atoms with Crippen LogP contribution in [0.5, 0.6) is 0 Å². The number of sulfone groups is 1. The molecule has 0 saturated heterocycles. The van der Waals surface area contributed by atoms with Gasteiger partial charge < -0.3 is 15.5 Å². The molecule has 8 heteroatoms. The van der Waals surface area contributed by atoms with E-state index in [9.17, 15) is 8.42 Å². The molecule has 0 spiro atoms. The minimum atomic E-state index is -2.91. The smallest absolute Gasteiger partial charge is 0.191 e. The SMILES string of the molecule is CCNC(=NCCN(C)C1CCCC1)NC(C)CCS(C)(=O)=O.I. The number of nitrogens with zero attached hydrogens (tertiary/aromatic N) is 2. The number of guanidine groups is 1. The summed E-state index contributed by atoms with van der Waals surface area (Å²) >= 11 is 0. The van der Waals surface area contributed by atoms with Crippen LogP contribution >= 0.6 is 24.0 Å². The zero-order chi connectivity index (χ0) is 17.3. The average molecular weight is 474 g/mol. The molecular weight excluding hydrogens is 439 g/mol. The average Bonchev–Trinajstić information content (AvgIpc) is 2.98. The van der Waals surface area contributed by atoms with Crippen molar-refractivity contribution in [3.8, 4) is 0 Å². The zero-order valence-corrected chi connectivity index (χ0v) is 18.7. The highest BCUT2D eigenvalue weighted by atomic mass is 127. The Morgan fingerprint density at radius 1 is 1.33 bits per heavy atom. The molecule has 0 radical (unpaired) electrons. The Morgan fingerprint density at radius 2 is 1.96 bits per heavy atom. The Balaban J connectivity index is 0.00000529. The van der Waals surface area contributed by atoms with Gasteiger partial charge >= 0.3 is 0 Å². The third-order valence-electron chi connectivity index (χ3n) is 4.32. The van der Waals surface area contributed by atoms with Gasteiger partial charge in [-0.25, -0.2) is 8.42 Å². The van der Waals surface area contributed by atoms with Crippen molar-refractivity contribution < 1.29 is 8.42 Å². The predicted molar refractivity (Wildman–Crippen MR) is 113 cm³/mol. The van der Waals surface area contributed by atoms with E-state index in [1.165, 1.54) is 31.9 Å². The summed E-state index contributed by atoms with van der Waals surface area (Å²) in [7, 11) is -0.731. The van der Waals surface area contributed by atoms with E-state index >= 15 is 0 Å². The Labute approximate surface area is 165 Å². The minimum absolute atomic E-state index is 0. The van der Waals surface area contributed by atoms with Gasteiger partial charge in [0, 0.05) is 31.4 Å². The molecule has 2 N–H and O–H groups in total. The molecule has 1 atom stereocenters. The molecule has 24 heavy (non-hydrogen) atoms.